The van der Waals surface area contributed by atoms with Gasteiger partial charge in [0, 0.05) is 18.0 Å². The molecule has 0 spiro atoms. The summed E-state index contributed by atoms with van der Waals surface area (Å²) in [5, 5.41) is 3.36. The monoisotopic (exact) mass is 233 g/mol. The lowest BCUT2D eigenvalue weighted by Crippen LogP contribution is -2.27. The van der Waals surface area contributed by atoms with Gasteiger partial charge in [0.15, 0.2) is 0 Å². The lowest BCUT2D eigenvalue weighted by molar-refractivity contribution is 0.227. The SMILES string of the molecule is CC(C)Oc1nc(C2CC2)nc2c1CCNC2. The van der Waals surface area contributed by atoms with Gasteiger partial charge in [-0.3, -0.25) is 0 Å². The maximum absolute atomic E-state index is 5.85. The van der Waals surface area contributed by atoms with Gasteiger partial charge >= 0.3 is 0 Å². The van der Waals surface area contributed by atoms with Gasteiger partial charge in [-0.25, -0.2) is 4.98 Å². The van der Waals surface area contributed by atoms with E-state index >= 15 is 0 Å². The minimum atomic E-state index is 0.177. The van der Waals surface area contributed by atoms with Gasteiger partial charge in [0.1, 0.15) is 5.82 Å². The molecule has 3 rings (SSSR count). The summed E-state index contributed by atoms with van der Waals surface area (Å²) in [5.41, 5.74) is 2.35. The largest absolute Gasteiger partial charge is 0.475 e. The molecule has 1 aliphatic heterocycles. The lowest BCUT2D eigenvalue weighted by Gasteiger charge is -2.21. The molecule has 2 aliphatic rings. The van der Waals surface area contributed by atoms with Gasteiger partial charge in [0.05, 0.1) is 11.8 Å². The smallest absolute Gasteiger partial charge is 0.220 e. The zero-order chi connectivity index (χ0) is 11.8. The molecule has 92 valence electrons. The molecular formula is C13H19N3O. The number of nitrogens with one attached hydrogen (secondary N) is 1. The second-order valence-corrected chi connectivity index (χ2v) is 5.18. The molecule has 0 unspecified atom stereocenters. The van der Waals surface area contributed by atoms with Gasteiger partial charge in [0.2, 0.25) is 5.88 Å². The lowest BCUT2D eigenvalue weighted by atomic mass is 10.1. The van der Waals surface area contributed by atoms with Gasteiger partial charge in [-0.2, -0.15) is 4.98 Å². The van der Waals surface area contributed by atoms with Gasteiger partial charge in [-0.15, -0.1) is 0 Å². The van der Waals surface area contributed by atoms with E-state index in [1.54, 1.807) is 0 Å². The fourth-order valence-electron chi connectivity index (χ4n) is 2.19. The van der Waals surface area contributed by atoms with Crippen LogP contribution in [0.1, 0.15) is 49.7 Å². The van der Waals surface area contributed by atoms with Crippen molar-refractivity contribution in [2.45, 2.75) is 51.7 Å². The van der Waals surface area contributed by atoms with Crippen molar-refractivity contribution in [3.8, 4) is 5.88 Å². The topological polar surface area (TPSA) is 47.0 Å². The van der Waals surface area contributed by atoms with E-state index in [1.807, 2.05) is 13.8 Å². The standard InChI is InChI=1S/C13H19N3O/c1-8(2)17-13-10-5-6-14-7-11(10)15-12(16-13)9-3-4-9/h8-9,14H,3-7H2,1-2H3. The van der Waals surface area contributed by atoms with Crippen LogP contribution in [0.2, 0.25) is 0 Å². The molecule has 1 fully saturated rings. The number of hydrogen-bond acceptors (Lipinski definition) is 4. The molecule has 1 N–H and O–H groups in total. The highest BCUT2D eigenvalue weighted by Gasteiger charge is 2.29. The van der Waals surface area contributed by atoms with Crippen molar-refractivity contribution in [3.05, 3.63) is 17.1 Å². The zero-order valence-corrected chi connectivity index (χ0v) is 10.5. The molecule has 0 bridgehead atoms. The maximum Gasteiger partial charge on any atom is 0.220 e. The number of fused-ring (bicyclic) bond motifs is 1. The van der Waals surface area contributed by atoms with E-state index in [2.05, 4.69) is 15.3 Å². The fourth-order valence-corrected chi connectivity index (χ4v) is 2.19. The predicted molar refractivity (Wildman–Crippen MR) is 65.2 cm³/mol. The van der Waals surface area contributed by atoms with Gasteiger partial charge in [-0.05, 0) is 39.7 Å². The fraction of sp³-hybridized carbons (Fsp3) is 0.692. The first-order chi connectivity index (χ1) is 8.24. The van der Waals surface area contributed by atoms with Crippen molar-refractivity contribution in [2.24, 2.45) is 0 Å². The molecule has 0 radical (unpaired) electrons. The van der Waals surface area contributed by atoms with Crippen LogP contribution in [-0.2, 0) is 13.0 Å². The number of rotatable bonds is 3. The van der Waals surface area contributed by atoms with Crippen molar-refractivity contribution >= 4 is 0 Å². The van der Waals surface area contributed by atoms with Crippen LogP contribution in [0.15, 0.2) is 0 Å². The molecule has 1 aromatic heterocycles. The summed E-state index contributed by atoms with van der Waals surface area (Å²) in [6.07, 6.45) is 3.61. The number of nitrogens with zero attached hydrogens (tertiary/aromatic N) is 2. The zero-order valence-electron chi connectivity index (χ0n) is 10.5. The normalized spacial score (nSPS) is 19.2. The Morgan fingerprint density at radius 3 is 2.82 bits per heavy atom. The quantitative estimate of drug-likeness (QED) is 0.864. The molecule has 1 saturated carbocycles. The predicted octanol–water partition coefficient (Wildman–Crippen LogP) is 1.79. The second kappa shape index (κ2) is 4.26. The summed E-state index contributed by atoms with van der Waals surface area (Å²) >= 11 is 0. The van der Waals surface area contributed by atoms with E-state index in [0.29, 0.717) is 5.92 Å². The average molecular weight is 233 g/mol. The Kier molecular flexibility index (Phi) is 2.74. The Bertz CT molecular complexity index is 427. The molecular weight excluding hydrogens is 214 g/mol. The second-order valence-electron chi connectivity index (χ2n) is 5.18. The number of ether oxygens (including phenoxy) is 1. The van der Waals surface area contributed by atoms with Crippen molar-refractivity contribution in [1.82, 2.24) is 15.3 Å². The maximum atomic E-state index is 5.85. The van der Waals surface area contributed by atoms with Gasteiger partial charge in [-0.1, -0.05) is 0 Å². The first kappa shape index (κ1) is 11.0. The molecule has 0 atom stereocenters. The minimum absolute atomic E-state index is 0.177. The van der Waals surface area contributed by atoms with Crippen molar-refractivity contribution in [1.29, 1.82) is 0 Å². The Labute approximate surface area is 102 Å². The molecule has 4 nitrogen and oxygen atoms in total. The summed E-state index contributed by atoms with van der Waals surface area (Å²) in [6, 6.07) is 0. The van der Waals surface area contributed by atoms with Crippen LogP contribution in [0, 0.1) is 0 Å². The van der Waals surface area contributed by atoms with E-state index in [0.717, 1.165) is 36.9 Å². The van der Waals surface area contributed by atoms with Crippen molar-refractivity contribution < 1.29 is 4.74 Å². The highest BCUT2D eigenvalue weighted by molar-refractivity contribution is 5.34. The van der Waals surface area contributed by atoms with E-state index in [-0.39, 0.29) is 6.10 Å². The van der Waals surface area contributed by atoms with Crippen molar-refractivity contribution in [3.63, 3.8) is 0 Å². The van der Waals surface area contributed by atoms with Gasteiger partial charge in [0.25, 0.3) is 0 Å². The van der Waals surface area contributed by atoms with Crippen LogP contribution >= 0.6 is 0 Å². The third kappa shape index (κ3) is 2.27. The average Bonchev–Trinajstić information content (AvgIpc) is 3.12. The summed E-state index contributed by atoms with van der Waals surface area (Å²) in [5.74, 6) is 2.40. The molecule has 0 aromatic carbocycles. The van der Waals surface area contributed by atoms with Crippen LogP contribution in [-0.4, -0.2) is 22.6 Å². The van der Waals surface area contributed by atoms with E-state index in [4.69, 9.17) is 4.74 Å². The van der Waals surface area contributed by atoms with E-state index < -0.39 is 0 Å². The van der Waals surface area contributed by atoms with E-state index in [1.165, 1.54) is 18.4 Å². The van der Waals surface area contributed by atoms with Crippen LogP contribution < -0.4 is 10.1 Å². The summed E-state index contributed by atoms with van der Waals surface area (Å²) in [6.45, 7) is 5.94. The third-order valence-electron chi connectivity index (χ3n) is 3.21. The summed E-state index contributed by atoms with van der Waals surface area (Å²) < 4.78 is 5.85. The highest BCUT2D eigenvalue weighted by atomic mass is 16.5. The molecule has 0 amide bonds. The highest BCUT2D eigenvalue weighted by Crippen LogP contribution is 2.39. The molecule has 4 heteroatoms. The summed E-state index contributed by atoms with van der Waals surface area (Å²) in [7, 11) is 0. The first-order valence-electron chi connectivity index (χ1n) is 6.51. The van der Waals surface area contributed by atoms with E-state index in [9.17, 15) is 0 Å². The summed E-state index contributed by atoms with van der Waals surface area (Å²) in [4.78, 5) is 9.32. The third-order valence-corrected chi connectivity index (χ3v) is 3.21. The molecule has 1 aliphatic carbocycles. The molecule has 17 heavy (non-hydrogen) atoms. The van der Waals surface area contributed by atoms with Crippen LogP contribution in [0.3, 0.4) is 0 Å². The molecule has 2 heterocycles. The Morgan fingerprint density at radius 1 is 1.29 bits per heavy atom. The number of aromatic nitrogens is 2. The van der Waals surface area contributed by atoms with Crippen LogP contribution in [0.4, 0.5) is 0 Å². The van der Waals surface area contributed by atoms with Crippen LogP contribution in [0.25, 0.3) is 0 Å². The first-order valence-corrected chi connectivity index (χ1v) is 6.51. The minimum Gasteiger partial charge on any atom is -0.475 e. The molecule has 1 aromatic rings. The molecule has 0 saturated heterocycles. The Morgan fingerprint density at radius 2 is 2.12 bits per heavy atom. The number of hydrogen-bond donors (Lipinski definition) is 1. The van der Waals surface area contributed by atoms with Crippen LogP contribution in [0.5, 0.6) is 5.88 Å². The van der Waals surface area contributed by atoms with Crippen molar-refractivity contribution in [2.75, 3.05) is 6.54 Å². The Balaban J connectivity index is 1.99. The Hall–Kier alpha value is -1.16. The van der Waals surface area contributed by atoms with Gasteiger partial charge < -0.3 is 10.1 Å².